The van der Waals surface area contributed by atoms with Crippen LogP contribution < -0.4 is 0 Å². The second kappa shape index (κ2) is 47.8. The van der Waals surface area contributed by atoms with Crippen molar-refractivity contribution in [3.63, 3.8) is 0 Å². The second-order valence-corrected chi connectivity index (χ2v) is 17.7. The number of aliphatic carboxylic acids is 1. The van der Waals surface area contributed by atoms with E-state index in [1.165, 1.54) is 0 Å². The molecule has 1 aliphatic rings. The van der Waals surface area contributed by atoms with E-state index in [0.717, 1.165) is 109 Å². The van der Waals surface area contributed by atoms with E-state index in [2.05, 4.69) is 136 Å². The largest absolute Gasteiger partial charge is 0.479 e. The molecule has 1 aliphatic heterocycles. The number of carboxylic acid groups (broad SMARTS) is 1. The quantitative estimate of drug-likeness (QED) is 0.0228. The highest BCUT2D eigenvalue weighted by atomic mass is 16.7. The molecule has 0 saturated carbocycles. The van der Waals surface area contributed by atoms with Gasteiger partial charge in [-0.3, -0.25) is 14.4 Å². The SMILES string of the molecule is CC/C=C\C/C=C\C/C=C\C/C=C\CCCCC(=O)OCC(COC1OC(C(=O)O)C(O)C(O)C1OC(=O)CCCCCCC/C=C\C/C=C\C/C=C\CC)OC(=O)CC/C=C\C/C=C\C/C=C\C/C=C\CC. The third-order valence-corrected chi connectivity index (χ3v) is 11.2. The minimum atomic E-state index is -1.93. The summed E-state index contributed by atoms with van der Waals surface area (Å²) in [6, 6.07) is 0. The van der Waals surface area contributed by atoms with Gasteiger partial charge in [0.1, 0.15) is 18.8 Å². The molecule has 12 nitrogen and oxygen atoms in total. The lowest BCUT2D eigenvalue weighted by molar-refractivity contribution is -0.301. The lowest BCUT2D eigenvalue weighted by Crippen LogP contribution is -2.61. The van der Waals surface area contributed by atoms with Gasteiger partial charge in [-0.25, -0.2) is 4.79 Å². The lowest BCUT2D eigenvalue weighted by Gasteiger charge is -2.40. The van der Waals surface area contributed by atoms with Gasteiger partial charge in [-0.2, -0.15) is 0 Å². The van der Waals surface area contributed by atoms with E-state index >= 15 is 0 Å². The first-order valence-electron chi connectivity index (χ1n) is 27.2. The second-order valence-electron chi connectivity index (χ2n) is 17.7. The van der Waals surface area contributed by atoms with Crippen molar-refractivity contribution in [1.29, 1.82) is 0 Å². The van der Waals surface area contributed by atoms with Gasteiger partial charge in [0, 0.05) is 19.3 Å². The summed E-state index contributed by atoms with van der Waals surface area (Å²) in [4.78, 5) is 50.9. The molecule has 3 N–H and O–H groups in total. The van der Waals surface area contributed by atoms with Gasteiger partial charge in [0.25, 0.3) is 0 Å². The molecule has 12 heteroatoms. The summed E-state index contributed by atoms with van der Waals surface area (Å²) in [6.07, 6.45) is 54.5. The minimum Gasteiger partial charge on any atom is -0.479 e. The number of hydrogen-bond acceptors (Lipinski definition) is 11. The molecular formula is C61H92O12. The zero-order chi connectivity index (χ0) is 53.3. The Bertz CT molecular complexity index is 1780. The maximum atomic E-state index is 13.1. The van der Waals surface area contributed by atoms with Crippen LogP contribution in [0.5, 0.6) is 0 Å². The number of aliphatic hydroxyl groups excluding tert-OH is 2. The summed E-state index contributed by atoms with van der Waals surface area (Å²) < 4.78 is 28.2. The van der Waals surface area contributed by atoms with Crippen LogP contribution in [0.3, 0.4) is 0 Å². The number of rotatable bonds is 43. The summed E-state index contributed by atoms with van der Waals surface area (Å²) in [6.45, 7) is 5.50. The monoisotopic (exact) mass is 1020 g/mol. The van der Waals surface area contributed by atoms with Crippen molar-refractivity contribution in [3.8, 4) is 0 Å². The molecule has 0 spiro atoms. The van der Waals surface area contributed by atoms with Gasteiger partial charge in [-0.15, -0.1) is 0 Å². The standard InChI is InChI=1S/C61H92O12/c1-4-7-10-13-16-19-22-25-27-30-32-35-38-41-44-47-53(62)69-50-52(71-54(63)48-45-42-39-36-33-29-24-21-18-15-12-9-6-3)51-70-61-59(57(66)56(65)58(73-61)60(67)68)72-55(64)49-46-43-40-37-34-31-28-26-23-20-17-14-11-8-5-2/h7-12,16-21,25-29,32-33,35,39,42,52,56-59,61,65-66H,4-6,13-15,22-24,30-31,34,36-38,40-41,43-51H2,1-3H3,(H,67,68)/b10-7-,11-8-,12-9-,19-16-,20-17-,21-18-,27-25-,28-26-,33-29-,35-32-,42-39-. The Balaban J connectivity index is 2.80. The van der Waals surface area contributed by atoms with Gasteiger partial charge in [0.05, 0.1) is 6.61 Å². The summed E-state index contributed by atoms with van der Waals surface area (Å²) in [5.74, 6) is -3.34. The topological polar surface area (TPSA) is 175 Å². The molecule has 1 saturated heterocycles. The number of carbonyl (C=O) groups excluding carboxylic acids is 3. The number of esters is 3. The van der Waals surface area contributed by atoms with Crippen LogP contribution in [-0.2, 0) is 42.9 Å². The van der Waals surface area contributed by atoms with Crippen LogP contribution in [0.2, 0.25) is 0 Å². The van der Waals surface area contributed by atoms with Gasteiger partial charge >= 0.3 is 23.9 Å². The Kier molecular flexibility index (Phi) is 43.2. The van der Waals surface area contributed by atoms with Crippen molar-refractivity contribution in [1.82, 2.24) is 0 Å². The van der Waals surface area contributed by atoms with E-state index in [0.29, 0.717) is 25.7 Å². The Morgan fingerprint density at radius 2 is 0.849 bits per heavy atom. The fraction of sp³-hybridized carbons (Fsp3) is 0.574. The first-order valence-corrected chi connectivity index (χ1v) is 27.2. The maximum absolute atomic E-state index is 13.1. The summed E-state index contributed by atoms with van der Waals surface area (Å²) in [7, 11) is 0. The molecule has 0 bridgehead atoms. The highest BCUT2D eigenvalue weighted by Crippen LogP contribution is 2.26. The van der Waals surface area contributed by atoms with Crippen LogP contribution in [-0.4, -0.2) is 89.2 Å². The smallest absolute Gasteiger partial charge is 0.335 e. The molecule has 6 atom stereocenters. The number of carboxylic acids is 1. The molecule has 408 valence electrons. The number of carbonyl (C=O) groups is 4. The fourth-order valence-corrected chi connectivity index (χ4v) is 7.15. The van der Waals surface area contributed by atoms with Crippen LogP contribution in [0.15, 0.2) is 134 Å². The molecule has 6 unspecified atom stereocenters. The van der Waals surface area contributed by atoms with Crippen LogP contribution >= 0.6 is 0 Å². The van der Waals surface area contributed by atoms with Gasteiger partial charge in [0.2, 0.25) is 0 Å². The van der Waals surface area contributed by atoms with Crippen LogP contribution in [0, 0.1) is 0 Å². The highest BCUT2D eigenvalue weighted by molar-refractivity contribution is 5.74. The molecule has 0 amide bonds. The average molecular weight is 1020 g/mol. The molecule has 1 heterocycles. The van der Waals surface area contributed by atoms with Gasteiger partial charge in [-0.1, -0.05) is 174 Å². The Morgan fingerprint density at radius 1 is 0.452 bits per heavy atom. The zero-order valence-corrected chi connectivity index (χ0v) is 44.6. The van der Waals surface area contributed by atoms with Crippen LogP contribution in [0.1, 0.15) is 175 Å². The van der Waals surface area contributed by atoms with Crippen LogP contribution in [0.4, 0.5) is 0 Å². The first-order chi connectivity index (χ1) is 35.6. The van der Waals surface area contributed by atoms with E-state index in [1.807, 2.05) is 18.2 Å². The predicted molar refractivity (Wildman–Crippen MR) is 293 cm³/mol. The molecular weight excluding hydrogens is 925 g/mol. The number of allylic oxidation sites excluding steroid dienone is 22. The van der Waals surface area contributed by atoms with E-state index < -0.39 is 67.3 Å². The predicted octanol–water partition coefficient (Wildman–Crippen LogP) is 13.4. The van der Waals surface area contributed by atoms with Crippen molar-refractivity contribution >= 4 is 23.9 Å². The zero-order valence-electron chi connectivity index (χ0n) is 44.6. The fourth-order valence-electron chi connectivity index (χ4n) is 7.15. The Labute approximate surface area is 439 Å². The van der Waals surface area contributed by atoms with E-state index in [4.69, 9.17) is 23.7 Å². The molecule has 0 aromatic carbocycles. The number of hydrogen-bond donors (Lipinski definition) is 3. The molecule has 0 aromatic heterocycles. The average Bonchev–Trinajstić information content (AvgIpc) is 3.37. The number of ether oxygens (including phenoxy) is 5. The number of unbranched alkanes of at least 4 members (excludes halogenated alkanes) is 7. The third-order valence-electron chi connectivity index (χ3n) is 11.2. The molecule has 1 fully saturated rings. The lowest BCUT2D eigenvalue weighted by atomic mass is 9.98. The molecule has 73 heavy (non-hydrogen) atoms. The van der Waals surface area contributed by atoms with E-state index in [9.17, 15) is 34.5 Å². The van der Waals surface area contributed by atoms with Gasteiger partial charge in [-0.05, 0) is 116 Å². The van der Waals surface area contributed by atoms with Gasteiger partial charge < -0.3 is 39.0 Å². The highest BCUT2D eigenvalue weighted by Gasteiger charge is 2.50. The summed E-state index contributed by atoms with van der Waals surface area (Å²) in [5.41, 5.74) is 0. The molecule has 0 radical (unpaired) electrons. The van der Waals surface area contributed by atoms with E-state index in [1.54, 1.807) is 0 Å². The number of aliphatic hydroxyl groups is 2. The van der Waals surface area contributed by atoms with Crippen molar-refractivity contribution in [2.24, 2.45) is 0 Å². The molecule has 0 aliphatic carbocycles. The van der Waals surface area contributed by atoms with Gasteiger partial charge in [0.15, 0.2) is 24.6 Å². The van der Waals surface area contributed by atoms with Crippen LogP contribution in [0.25, 0.3) is 0 Å². The van der Waals surface area contributed by atoms with Crippen molar-refractivity contribution in [2.45, 2.75) is 212 Å². The van der Waals surface area contributed by atoms with Crippen molar-refractivity contribution < 1.29 is 58.2 Å². The minimum absolute atomic E-state index is 0.0208. The normalized spacial score (nSPS) is 19.4. The summed E-state index contributed by atoms with van der Waals surface area (Å²) >= 11 is 0. The third kappa shape index (κ3) is 38.2. The van der Waals surface area contributed by atoms with Crippen molar-refractivity contribution in [2.75, 3.05) is 13.2 Å². The van der Waals surface area contributed by atoms with E-state index in [-0.39, 0.29) is 25.9 Å². The molecule has 1 rings (SSSR count). The maximum Gasteiger partial charge on any atom is 0.335 e. The molecule has 0 aromatic rings. The Hall–Kier alpha value is -5.14. The Morgan fingerprint density at radius 3 is 1.33 bits per heavy atom. The first kappa shape index (κ1) is 65.9. The van der Waals surface area contributed by atoms with Crippen molar-refractivity contribution in [3.05, 3.63) is 134 Å². The summed E-state index contributed by atoms with van der Waals surface area (Å²) in [5, 5.41) is 31.4.